The first-order valence-electron chi connectivity index (χ1n) is 6.85. The first-order chi connectivity index (χ1) is 9.13. The maximum atomic E-state index is 14.2. The minimum absolute atomic E-state index is 0.154. The summed E-state index contributed by atoms with van der Waals surface area (Å²) in [5.74, 6) is 2.38. The zero-order valence-corrected chi connectivity index (χ0v) is 12.0. The summed E-state index contributed by atoms with van der Waals surface area (Å²) in [6.45, 7) is 8.20. The van der Waals surface area contributed by atoms with Crippen molar-refractivity contribution >= 4 is 5.69 Å². The molecule has 0 saturated carbocycles. The van der Waals surface area contributed by atoms with Gasteiger partial charge in [-0.25, -0.2) is 4.39 Å². The van der Waals surface area contributed by atoms with Crippen LogP contribution >= 0.6 is 0 Å². The molecule has 1 atom stereocenters. The van der Waals surface area contributed by atoms with Crippen LogP contribution in [0.2, 0.25) is 0 Å². The number of hydrogen-bond acceptors (Lipinski definition) is 2. The number of rotatable bonds is 7. The molecule has 0 amide bonds. The van der Waals surface area contributed by atoms with E-state index in [1.807, 2.05) is 30.9 Å². The van der Waals surface area contributed by atoms with Crippen molar-refractivity contribution in [1.82, 2.24) is 5.32 Å². The summed E-state index contributed by atoms with van der Waals surface area (Å²) >= 11 is 0. The summed E-state index contributed by atoms with van der Waals surface area (Å²) in [4.78, 5) is 1.90. The predicted octanol–water partition coefficient (Wildman–Crippen LogP) is 3.35. The highest BCUT2D eigenvalue weighted by atomic mass is 19.1. The van der Waals surface area contributed by atoms with Gasteiger partial charge in [0.15, 0.2) is 0 Å². The molecule has 1 unspecified atom stereocenters. The number of halogens is 1. The first-order valence-corrected chi connectivity index (χ1v) is 6.85. The molecule has 1 aromatic carbocycles. The van der Waals surface area contributed by atoms with Crippen molar-refractivity contribution in [3.63, 3.8) is 0 Å². The fourth-order valence-electron chi connectivity index (χ4n) is 2.14. The van der Waals surface area contributed by atoms with Gasteiger partial charge < -0.3 is 10.2 Å². The minimum Gasteiger partial charge on any atom is -0.358 e. The van der Waals surface area contributed by atoms with Crippen LogP contribution in [0, 0.1) is 18.2 Å². The summed E-state index contributed by atoms with van der Waals surface area (Å²) in [5.41, 5.74) is 1.55. The predicted molar refractivity (Wildman–Crippen MR) is 79.8 cm³/mol. The van der Waals surface area contributed by atoms with Gasteiger partial charge in [-0.2, -0.15) is 0 Å². The Kier molecular flexibility index (Phi) is 6.38. The Hall–Kier alpha value is -1.53. The third-order valence-electron chi connectivity index (χ3n) is 3.10. The fraction of sp³-hybridized carbons (Fsp3) is 0.500. The van der Waals surface area contributed by atoms with Gasteiger partial charge >= 0.3 is 0 Å². The van der Waals surface area contributed by atoms with Gasteiger partial charge in [0.2, 0.25) is 0 Å². The van der Waals surface area contributed by atoms with Crippen LogP contribution in [0.5, 0.6) is 0 Å². The minimum atomic E-state index is -0.203. The van der Waals surface area contributed by atoms with E-state index in [0.29, 0.717) is 12.2 Å². The van der Waals surface area contributed by atoms with Gasteiger partial charge in [-0.1, -0.05) is 25.8 Å². The molecule has 1 rings (SSSR count). The quantitative estimate of drug-likeness (QED) is 0.758. The molecule has 2 nitrogen and oxygen atoms in total. The maximum Gasteiger partial charge on any atom is 0.146 e. The standard InChI is InChI=1S/C16H23FN2/c1-5-10-19(11-6-2)16-9-8-14(12-15(16)17)13(4)18-7-3/h1,8-9,12-13,18H,6-7,10-11H2,2-4H3. The van der Waals surface area contributed by atoms with Crippen LogP contribution in [0.25, 0.3) is 0 Å². The van der Waals surface area contributed by atoms with Crippen molar-refractivity contribution in [2.45, 2.75) is 33.2 Å². The van der Waals surface area contributed by atoms with E-state index >= 15 is 0 Å². The molecule has 19 heavy (non-hydrogen) atoms. The third-order valence-corrected chi connectivity index (χ3v) is 3.10. The van der Waals surface area contributed by atoms with Crippen molar-refractivity contribution < 1.29 is 4.39 Å². The summed E-state index contributed by atoms with van der Waals surface area (Å²) in [6.07, 6.45) is 6.28. The van der Waals surface area contributed by atoms with Crippen molar-refractivity contribution in [3.05, 3.63) is 29.6 Å². The number of terminal acetylenes is 1. The Morgan fingerprint density at radius 3 is 2.68 bits per heavy atom. The van der Waals surface area contributed by atoms with E-state index in [1.165, 1.54) is 0 Å². The van der Waals surface area contributed by atoms with Gasteiger partial charge in [0.1, 0.15) is 5.82 Å². The topological polar surface area (TPSA) is 15.3 Å². The number of nitrogens with zero attached hydrogens (tertiary/aromatic N) is 1. The molecular formula is C16H23FN2. The van der Waals surface area contributed by atoms with Crippen LogP contribution in [0.15, 0.2) is 18.2 Å². The third kappa shape index (κ3) is 4.25. The van der Waals surface area contributed by atoms with Crippen molar-refractivity contribution in [1.29, 1.82) is 0 Å². The summed E-state index contributed by atoms with van der Waals surface area (Å²) in [5, 5.41) is 3.28. The highest BCUT2D eigenvalue weighted by molar-refractivity contribution is 5.50. The molecule has 0 heterocycles. The van der Waals surface area contributed by atoms with E-state index in [1.54, 1.807) is 6.07 Å². The van der Waals surface area contributed by atoms with Gasteiger partial charge in [0, 0.05) is 12.6 Å². The lowest BCUT2D eigenvalue weighted by Gasteiger charge is -2.23. The second-order valence-corrected chi connectivity index (χ2v) is 4.62. The molecule has 0 saturated heterocycles. The van der Waals surface area contributed by atoms with Crippen molar-refractivity contribution in [2.24, 2.45) is 0 Å². The number of nitrogens with one attached hydrogen (secondary N) is 1. The molecule has 0 spiro atoms. The van der Waals surface area contributed by atoms with E-state index in [4.69, 9.17) is 6.42 Å². The molecule has 0 aromatic heterocycles. The first kappa shape index (κ1) is 15.5. The Morgan fingerprint density at radius 2 is 2.16 bits per heavy atom. The van der Waals surface area contributed by atoms with Crippen LogP contribution in [-0.2, 0) is 0 Å². The molecule has 104 valence electrons. The van der Waals surface area contributed by atoms with Gasteiger partial charge in [0.25, 0.3) is 0 Å². The Balaban J connectivity index is 2.95. The van der Waals surface area contributed by atoms with Gasteiger partial charge in [0.05, 0.1) is 12.2 Å². The maximum absolute atomic E-state index is 14.2. The Labute approximate surface area is 116 Å². The van der Waals surface area contributed by atoms with Crippen LogP contribution in [-0.4, -0.2) is 19.6 Å². The van der Waals surface area contributed by atoms with Gasteiger partial charge in [-0.05, 0) is 37.6 Å². The normalized spacial score (nSPS) is 11.9. The van der Waals surface area contributed by atoms with Crippen LogP contribution in [0.3, 0.4) is 0 Å². The second-order valence-electron chi connectivity index (χ2n) is 4.62. The summed E-state index contributed by atoms with van der Waals surface area (Å²) in [6, 6.07) is 5.54. The Morgan fingerprint density at radius 1 is 1.42 bits per heavy atom. The summed E-state index contributed by atoms with van der Waals surface area (Å²) in [7, 11) is 0. The van der Waals surface area contributed by atoms with Gasteiger partial charge in [-0.3, -0.25) is 0 Å². The van der Waals surface area contributed by atoms with Crippen LogP contribution in [0.4, 0.5) is 10.1 Å². The smallest absolute Gasteiger partial charge is 0.146 e. The SMILES string of the molecule is C#CCN(CCC)c1ccc(C(C)NCC)cc1F. The average molecular weight is 262 g/mol. The number of anilines is 1. The molecule has 0 aliphatic heterocycles. The van der Waals surface area contributed by atoms with E-state index in [-0.39, 0.29) is 11.9 Å². The highest BCUT2D eigenvalue weighted by Crippen LogP contribution is 2.23. The highest BCUT2D eigenvalue weighted by Gasteiger charge is 2.12. The largest absolute Gasteiger partial charge is 0.358 e. The van der Waals surface area contributed by atoms with Crippen molar-refractivity contribution in [3.8, 4) is 12.3 Å². The average Bonchev–Trinajstić information content (AvgIpc) is 2.39. The molecule has 0 aliphatic rings. The summed E-state index contributed by atoms with van der Waals surface area (Å²) < 4.78 is 14.2. The van der Waals surface area contributed by atoms with E-state index in [0.717, 1.165) is 25.1 Å². The molecule has 0 radical (unpaired) electrons. The number of benzene rings is 1. The lowest BCUT2D eigenvalue weighted by Crippen LogP contribution is -2.25. The molecule has 0 aliphatic carbocycles. The van der Waals surface area contributed by atoms with E-state index < -0.39 is 0 Å². The monoisotopic (exact) mass is 262 g/mol. The molecule has 1 N–H and O–H groups in total. The lowest BCUT2D eigenvalue weighted by molar-refractivity contribution is 0.581. The van der Waals surface area contributed by atoms with Crippen LogP contribution < -0.4 is 10.2 Å². The fourth-order valence-corrected chi connectivity index (χ4v) is 2.14. The number of hydrogen-bond donors (Lipinski definition) is 1. The van der Waals surface area contributed by atoms with Crippen LogP contribution in [0.1, 0.15) is 38.8 Å². The molecule has 1 aromatic rings. The van der Waals surface area contributed by atoms with E-state index in [9.17, 15) is 4.39 Å². The molecule has 0 fully saturated rings. The zero-order chi connectivity index (χ0) is 14.3. The van der Waals surface area contributed by atoms with Gasteiger partial charge in [-0.15, -0.1) is 6.42 Å². The Bertz CT molecular complexity index is 437. The van der Waals surface area contributed by atoms with E-state index in [2.05, 4.69) is 18.2 Å². The molecular weight excluding hydrogens is 239 g/mol. The van der Waals surface area contributed by atoms with Crippen molar-refractivity contribution in [2.75, 3.05) is 24.5 Å². The zero-order valence-electron chi connectivity index (χ0n) is 12.0. The lowest BCUT2D eigenvalue weighted by atomic mass is 10.1. The second kappa shape index (κ2) is 7.81. The molecule has 0 bridgehead atoms. The molecule has 3 heteroatoms.